The Kier molecular flexibility index (Phi) is 2.14. The molecule has 0 atom stereocenters. The third-order valence-corrected chi connectivity index (χ3v) is 2.49. The Morgan fingerprint density at radius 1 is 1.33 bits per heavy atom. The van der Waals surface area contributed by atoms with Crippen molar-refractivity contribution in [1.29, 1.82) is 0 Å². The van der Waals surface area contributed by atoms with Crippen LogP contribution in [0.15, 0.2) is 18.2 Å². The molecule has 0 fully saturated rings. The number of aldehydes is 1. The Hall–Kier alpha value is -1.57. The first-order chi connectivity index (χ1) is 7.02. The Labute approximate surface area is 89.6 Å². The van der Waals surface area contributed by atoms with E-state index in [9.17, 15) is 4.79 Å². The molecule has 1 aliphatic rings. The number of aryl methyl sites for hydroxylation is 1. The van der Waals surface area contributed by atoms with Gasteiger partial charge in [0.05, 0.1) is 0 Å². The maximum atomic E-state index is 10.7. The van der Waals surface area contributed by atoms with Gasteiger partial charge in [0.25, 0.3) is 0 Å². The van der Waals surface area contributed by atoms with Crippen LogP contribution in [-0.2, 0) is 0 Å². The minimum atomic E-state index is -0.263. The van der Waals surface area contributed by atoms with Crippen LogP contribution in [0.3, 0.4) is 0 Å². The van der Waals surface area contributed by atoms with E-state index in [0.29, 0.717) is 5.56 Å². The van der Waals surface area contributed by atoms with Crippen molar-refractivity contribution in [1.82, 2.24) is 0 Å². The minimum absolute atomic E-state index is 0.263. The van der Waals surface area contributed by atoms with E-state index in [-0.39, 0.29) is 5.60 Å². The van der Waals surface area contributed by atoms with Gasteiger partial charge in [-0.3, -0.25) is 4.79 Å². The van der Waals surface area contributed by atoms with Crippen LogP contribution >= 0.6 is 0 Å². The Bertz CT molecular complexity index is 442. The molecular formula is C13H14O2. The number of hydrogen-bond donors (Lipinski definition) is 0. The maximum absolute atomic E-state index is 10.7. The molecule has 1 aliphatic heterocycles. The van der Waals surface area contributed by atoms with Crippen molar-refractivity contribution in [2.45, 2.75) is 26.4 Å². The first-order valence-corrected chi connectivity index (χ1v) is 5.00. The molecule has 1 aromatic carbocycles. The van der Waals surface area contributed by atoms with Crippen LogP contribution in [0.2, 0.25) is 0 Å². The molecule has 0 saturated heterocycles. The molecule has 2 nitrogen and oxygen atoms in total. The van der Waals surface area contributed by atoms with Crippen molar-refractivity contribution in [3.05, 3.63) is 34.9 Å². The molecule has 0 unspecified atom stereocenters. The van der Waals surface area contributed by atoms with Crippen molar-refractivity contribution in [2.75, 3.05) is 0 Å². The summed E-state index contributed by atoms with van der Waals surface area (Å²) < 4.78 is 5.85. The van der Waals surface area contributed by atoms with Crippen molar-refractivity contribution in [3.8, 4) is 5.75 Å². The maximum Gasteiger partial charge on any atom is 0.150 e. The largest absolute Gasteiger partial charge is 0.483 e. The molecule has 15 heavy (non-hydrogen) atoms. The lowest BCUT2D eigenvalue weighted by Crippen LogP contribution is -2.28. The summed E-state index contributed by atoms with van der Waals surface area (Å²) in [5, 5.41) is 0. The highest BCUT2D eigenvalue weighted by atomic mass is 16.5. The Morgan fingerprint density at radius 3 is 2.73 bits per heavy atom. The molecule has 1 heterocycles. The molecule has 0 radical (unpaired) electrons. The van der Waals surface area contributed by atoms with E-state index in [1.54, 1.807) is 0 Å². The second kappa shape index (κ2) is 3.23. The fraction of sp³-hybridized carbons (Fsp3) is 0.308. The first kappa shape index (κ1) is 9.97. The molecule has 0 saturated carbocycles. The van der Waals surface area contributed by atoms with Crippen molar-refractivity contribution >= 4 is 12.4 Å². The minimum Gasteiger partial charge on any atom is -0.483 e. The van der Waals surface area contributed by atoms with Gasteiger partial charge in [0, 0.05) is 11.1 Å². The van der Waals surface area contributed by atoms with E-state index in [0.717, 1.165) is 23.2 Å². The summed E-state index contributed by atoms with van der Waals surface area (Å²) in [7, 11) is 0. The molecule has 2 rings (SSSR count). The predicted octanol–water partition coefficient (Wildman–Crippen LogP) is 2.99. The van der Waals surface area contributed by atoms with Crippen LogP contribution in [-0.4, -0.2) is 11.9 Å². The molecular weight excluding hydrogens is 188 g/mol. The summed E-state index contributed by atoms with van der Waals surface area (Å²) in [5.41, 5.74) is 2.42. The van der Waals surface area contributed by atoms with Gasteiger partial charge in [0.1, 0.15) is 17.6 Å². The SMILES string of the molecule is Cc1cc(C=O)cc2c1OC(C)(C)C=C2. The van der Waals surface area contributed by atoms with Gasteiger partial charge in [-0.05, 0) is 44.5 Å². The fourth-order valence-corrected chi connectivity index (χ4v) is 1.75. The summed E-state index contributed by atoms with van der Waals surface area (Å²) in [6, 6.07) is 3.70. The zero-order valence-electron chi connectivity index (χ0n) is 9.20. The van der Waals surface area contributed by atoms with Crippen LogP contribution < -0.4 is 4.74 Å². The number of hydrogen-bond acceptors (Lipinski definition) is 2. The zero-order valence-corrected chi connectivity index (χ0v) is 9.20. The summed E-state index contributed by atoms with van der Waals surface area (Å²) in [6.45, 7) is 5.99. The third-order valence-electron chi connectivity index (χ3n) is 2.49. The smallest absolute Gasteiger partial charge is 0.150 e. The second-order valence-electron chi connectivity index (χ2n) is 4.41. The highest BCUT2D eigenvalue weighted by Gasteiger charge is 2.23. The van der Waals surface area contributed by atoms with Gasteiger partial charge in [0.15, 0.2) is 0 Å². The average molecular weight is 202 g/mol. The van der Waals surface area contributed by atoms with Crippen LogP contribution in [0.1, 0.15) is 35.3 Å². The Morgan fingerprint density at radius 2 is 2.07 bits per heavy atom. The highest BCUT2D eigenvalue weighted by Crippen LogP contribution is 2.34. The van der Waals surface area contributed by atoms with E-state index in [1.165, 1.54) is 0 Å². The molecule has 1 aromatic rings. The summed E-state index contributed by atoms with van der Waals surface area (Å²) in [4.78, 5) is 10.7. The number of carbonyl (C=O) groups is 1. The molecule has 0 aliphatic carbocycles. The fourth-order valence-electron chi connectivity index (χ4n) is 1.75. The lowest BCUT2D eigenvalue weighted by Gasteiger charge is -2.29. The molecule has 0 amide bonds. The van der Waals surface area contributed by atoms with Gasteiger partial charge >= 0.3 is 0 Å². The third kappa shape index (κ3) is 1.80. The highest BCUT2D eigenvalue weighted by molar-refractivity contribution is 5.79. The van der Waals surface area contributed by atoms with E-state index < -0.39 is 0 Å². The molecule has 0 aromatic heterocycles. The van der Waals surface area contributed by atoms with Crippen molar-refractivity contribution in [2.24, 2.45) is 0 Å². The van der Waals surface area contributed by atoms with E-state index in [4.69, 9.17) is 4.74 Å². The van der Waals surface area contributed by atoms with Gasteiger partial charge in [0.2, 0.25) is 0 Å². The molecule has 2 heteroatoms. The van der Waals surface area contributed by atoms with E-state index in [2.05, 4.69) is 0 Å². The van der Waals surface area contributed by atoms with Gasteiger partial charge in [-0.15, -0.1) is 0 Å². The number of fused-ring (bicyclic) bond motifs is 1. The molecule has 0 bridgehead atoms. The number of carbonyl (C=O) groups excluding carboxylic acids is 1. The second-order valence-corrected chi connectivity index (χ2v) is 4.41. The number of benzene rings is 1. The number of rotatable bonds is 1. The van der Waals surface area contributed by atoms with Crippen LogP contribution in [0.4, 0.5) is 0 Å². The molecule has 0 spiro atoms. The van der Waals surface area contributed by atoms with E-state index >= 15 is 0 Å². The Balaban J connectivity index is 2.56. The van der Waals surface area contributed by atoms with Crippen molar-refractivity contribution < 1.29 is 9.53 Å². The quantitative estimate of drug-likeness (QED) is 0.654. The lowest BCUT2D eigenvalue weighted by atomic mass is 9.98. The van der Waals surface area contributed by atoms with Gasteiger partial charge < -0.3 is 4.74 Å². The monoisotopic (exact) mass is 202 g/mol. The molecule has 78 valence electrons. The number of ether oxygens (including phenoxy) is 1. The summed E-state index contributed by atoms with van der Waals surface area (Å²) in [6.07, 6.45) is 4.88. The van der Waals surface area contributed by atoms with Crippen LogP contribution in [0.5, 0.6) is 5.75 Å². The van der Waals surface area contributed by atoms with Gasteiger partial charge in [-0.2, -0.15) is 0 Å². The van der Waals surface area contributed by atoms with Gasteiger partial charge in [-0.25, -0.2) is 0 Å². The topological polar surface area (TPSA) is 26.3 Å². The lowest BCUT2D eigenvalue weighted by molar-refractivity contribution is 0.112. The summed E-state index contributed by atoms with van der Waals surface area (Å²) in [5.74, 6) is 0.883. The average Bonchev–Trinajstić information content (AvgIpc) is 2.18. The van der Waals surface area contributed by atoms with Crippen LogP contribution in [0.25, 0.3) is 6.08 Å². The molecule has 0 N–H and O–H groups in total. The van der Waals surface area contributed by atoms with Gasteiger partial charge in [-0.1, -0.05) is 6.08 Å². The predicted molar refractivity (Wildman–Crippen MR) is 60.3 cm³/mol. The van der Waals surface area contributed by atoms with E-state index in [1.807, 2.05) is 45.1 Å². The van der Waals surface area contributed by atoms with Crippen molar-refractivity contribution in [3.63, 3.8) is 0 Å². The summed E-state index contributed by atoms with van der Waals surface area (Å²) >= 11 is 0. The first-order valence-electron chi connectivity index (χ1n) is 5.00. The van der Waals surface area contributed by atoms with Crippen LogP contribution in [0, 0.1) is 6.92 Å². The normalized spacial score (nSPS) is 16.7. The zero-order chi connectivity index (χ0) is 11.1. The standard InChI is InChI=1S/C13H14O2/c1-9-6-10(8-14)7-11-4-5-13(2,3)15-12(9)11/h4-8H,1-3H3.